The third-order valence-electron chi connectivity index (χ3n) is 5.21. The lowest BCUT2D eigenvalue weighted by atomic mass is 9.82. The van der Waals surface area contributed by atoms with Gasteiger partial charge in [0.15, 0.2) is 6.61 Å². The van der Waals surface area contributed by atoms with Crippen molar-refractivity contribution in [3.05, 3.63) is 86.7 Å². The molecule has 9 nitrogen and oxygen atoms in total. The number of rotatable bonds is 8. The van der Waals surface area contributed by atoms with E-state index in [1.807, 2.05) is 17.1 Å². The molecule has 3 N–H and O–H groups in total. The van der Waals surface area contributed by atoms with Crippen LogP contribution in [0.5, 0.6) is 11.5 Å². The van der Waals surface area contributed by atoms with Gasteiger partial charge in [0.2, 0.25) is 0 Å². The molecule has 0 aliphatic heterocycles. The number of carbonyl (C=O) groups is 2. The number of nitrogens with one attached hydrogen (secondary N) is 3. The van der Waals surface area contributed by atoms with Crippen molar-refractivity contribution in [2.75, 3.05) is 11.9 Å². The minimum Gasteiger partial charge on any atom is -0.457 e. The Balaban J connectivity index is 1.52. The van der Waals surface area contributed by atoms with Crippen LogP contribution in [0.1, 0.15) is 43.2 Å². The van der Waals surface area contributed by atoms with Crippen LogP contribution in [-0.2, 0) is 14.9 Å². The molecule has 1 heterocycles. The summed E-state index contributed by atoms with van der Waals surface area (Å²) in [6, 6.07) is 15.5. The average Bonchev–Trinajstić information content (AvgIpc) is 2.78. The maximum Gasteiger partial charge on any atom is 0.355 e. The van der Waals surface area contributed by atoms with E-state index in [-0.39, 0.29) is 11.1 Å². The van der Waals surface area contributed by atoms with E-state index >= 15 is 0 Å². The Morgan fingerprint density at radius 1 is 0.939 bits per heavy atom. The summed E-state index contributed by atoms with van der Waals surface area (Å²) in [5.74, 6) is -0.281. The van der Waals surface area contributed by atoms with Gasteiger partial charge < -0.3 is 19.8 Å². The number of H-pyrrole nitrogens is 2. The van der Waals surface area contributed by atoms with E-state index in [2.05, 4.69) is 43.2 Å². The van der Waals surface area contributed by atoms with Crippen LogP contribution in [0.4, 0.5) is 5.69 Å². The van der Waals surface area contributed by atoms with E-state index in [9.17, 15) is 19.2 Å². The highest BCUT2D eigenvalue weighted by Gasteiger charge is 2.17. The van der Waals surface area contributed by atoms with Crippen LogP contribution in [-0.4, -0.2) is 28.5 Å². The van der Waals surface area contributed by atoms with Crippen molar-refractivity contribution in [1.82, 2.24) is 9.97 Å². The lowest BCUT2D eigenvalue weighted by Gasteiger charge is -2.23. The monoisotopic (exact) mass is 451 g/mol. The number of hydrogen-bond donors (Lipinski definition) is 3. The molecular formula is C24H25N3O6. The second-order valence-electron chi connectivity index (χ2n) is 8.01. The molecule has 3 rings (SSSR count). The van der Waals surface area contributed by atoms with Crippen molar-refractivity contribution in [2.24, 2.45) is 0 Å². The molecule has 172 valence electrons. The molecule has 1 amide bonds. The van der Waals surface area contributed by atoms with Gasteiger partial charge in [-0.1, -0.05) is 32.9 Å². The highest BCUT2D eigenvalue weighted by molar-refractivity contribution is 5.94. The molecule has 0 bridgehead atoms. The number of carbonyl (C=O) groups excluding carboxylic acids is 2. The van der Waals surface area contributed by atoms with Crippen LogP contribution < -0.4 is 21.3 Å². The van der Waals surface area contributed by atoms with Crippen LogP contribution >= 0.6 is 0 Å². The molecule has 2 aromatic carbocycles. The second-order valence-corrected chi connectivity index (χ2v) is 8.01. The average molecular weight is 451 g/mol. The topological polar surface area (TPSA) is 130 Å². The van der Waals surface area contributed by atoms with Gasteiger partial charge in [-0.3, -0.25) is 14.6 Å². The molecule has 3 aromatic rings. The Bertz CT molecular complexity index is 1210. The maximum atomic E-state index is 12.0. The van der Waals surface area contributed by atoms with Crippen molar-refractivity contribution in [3.63, 3.8) is 0 Å². The standard InChI is InChI=1S/C24H25N3O6/c1-4-24(2,3)15-5-9-17(10-6-15)33-18-11-7-16(8-12-18)25-21(29)14-32-22(30)19-13-20(28)27-23(31)26-19/h5-13H,4,14H2,1-3H3,(H,25,29)(H2,26,27,28,31). The summed E-state index contributed by atoms with van der Waals surface area (Å²) in [4.78, 5) is 50.4. The van der Waals surface area contributed by atoms with Gasteiger partial charge in [0.25, 0.3) is 11.5 Å². The molecule has 1 aromatic heterocycles. The molecule has 0 radical (unpaired) electrons. The number of hydrogen-bond acceptors (Lipinski definition) is 6. The van der Waals surface area contributed by atoms with Crippen LogP contribution in [0.2, 0.25) is 0 Å². The third-order valence-corrected chi connectivity index (χ3v) is 5.21. The predicted molar refractivity (Wildman–Crippen MR) is 123 cm³/mol. The summed E-state index contributed by atoms with van der Waals surface area (Å²) in [6.45, 7) is 5.95. The first-order valence-electron chi connectivity index (χ1n) is 10.4. The van der Waals surface area contributed by atoms with Crippen molar-refractivity contribution in [2.45, 2.75) is 32.6 Å². The van der Waals surface area contributed by atoms with Crippen LogP contribution in [0.25, 0.3) is 0 Å². The highest BCUT2D eigenvalue weighted by Crippen LogP contribution is 2.29. The SMILES string of the molecule is CCC(C)(C)c1ccc(Oc2ccc(NC(=O)COC(=O)c3cc(=O)[nH]c(=O)[nH]3)cc2)cc1. The molecule has 0 unspecified atom stereocenters. The summed E-state index contributed by atoms with van der Waals surface area (Å²) in [6.07, 6.45) is 1.03. The molecule has 0 fully saturated rings. The number of ether oxygens (including phenoxy) is 2. The minimum absolute atomic E-state index is 0.0998. The first kappa shape index (κ1) is 23.5. The Kier molecular flexibility index (Phi) is 7.12. The van der Waals surface area contributed by atoms with Crippen LogP contribution in [0, 0.1) is 0 Å². The summed E-state index contributed by atoms with van der Waals surface area (Å²) in [5.41, 5.74) is -0.123. The third kappa shape index (κ3) is 6.42. The van der Waals surface area contributed by atoms with E-state index in [0.29, 0.717) is 17.2 Å². The van der Waals surface area contributed by atoms with Crippen molar-refractivity contribution in [1.29, 1.82) is 0 Å². The Hall–Kier alpha value is -4.14. The smallest absolute Gasteiger partial charge is 0.355 e. The first-order chi connectivity index (χ1) is 15.7. The quantitative estimate of drug-likeness (QED) is 0.450. The Morgan fingerprint density at radius 2 is 1.55 bits per heavy atom. The van der Waals surface area contributed by atoms with Gasteiger partial charge >= 0.3 is 11.7 Å². The zero-order chi connectivity index (χ0) is 24.0. The molecule has 9 heteroatoms. The molecule has 33 heavy (non-hydrogen) atoms. The number of esters is 1. The Labute approximate surface area is 189 Å². The van der Waals surface area contributed by atoms with E-state index < -0.39 is 29.7 Å². The molecule has 0 saturated carbocycles. The van der Waals surface area contributed by atoms with Gasteiger partial charge in [-0.05, 0) is 53.8 Å². The molecule has 0 atom stereocenters. The first-order valence-corrected chi connectivity index (χ1v) is 10.4. The summed E-state index contributed by atoms with van der Waals surface area (Å²) < 4.78 is 10.7. The highest BCUT2D eigenvalue weighted by atomic mass is 16.5. The predicted octanol–water partition coefficient (Wildman–Crippen LogP) is 3.34. The Morgan fingerprint density at radius 3 is 2.12 bits per heavy atom. The van der Waals surface area contributed by atoms with Gasteiger partial charge in [-0.2, -0.15) is 0 Å². The van der Waals surface area contributed by atoms with E-state index in [1.165, 1.54) is 5.56 Å². The number of benzene rings is 2. The molecule has 0 aliphatic rings. The second kappa shape index (κ2) is 9.99. The zero-order valence-electron chi connectivity index (χ0n) is 18.6. The number of aromatic amines is 2. The van der Waals surface area contributed by atoms with Crippen LogP contribution in [0.15, 0.2) is 64.2 Å². The fraction of sp³-hybridized carbons (Fsp3) is 0.250. The number of anilines is 1. The van der Waals surface area contributed by atoms with Crippen molar-refractivity contribution >= 4 is 17.6 Å². The van der Waals surface area contributed by atoms with Gasteiger partial charge in [0.1, 0.15) is 17.2 Å². The molecule has 0 spiro atoms. The lowest BCUT2D eigenvalue weighted by Crippen LogP contribution is -2.27. The van der Waals surface area contributed by atoms with Gasteiger partial charge in [0, 0.05) is 11.8 Å². The molecule has 0 saturated heterocycles. The summed E-state index contributed by atoms with van der Waals surface area (Å²) in [7, 11) is 0. The summed E-state index contributed by atoms with van der Waals surface area (Å²) in [5, 5.41) is 2.58. The van der Waals surface area contributed by atoms with Gasteiger partial charge in [-0.25, -0.2) is 9.59 Å². The largest absolute Gasteiger partial charge is 0.457 e. The number of amides is 1. The van der Waals surface area contributed by atoms with E-state index in [1.54, 1.807) is 24.3 Å². The molecular weight excluding hydrogens is 426 g/mol. The maximum absolute atomic E-state index is 12.0. The van der Waals surface area contributed by atoms with Gasteiger partial charge in [-0.15, -0.1) is 0 Å². The zero-order valence-corrected chi connectivity index (χ0v) is 18.6. The van der Waals surface area contributed by atoms with E-state index in [4.69, 9.17) is 9.47 Å². The minimum atomic E-state index is -0.995. The normalized spacial score (nSPS) is 11.0. The fourth-order valence-electron chi connectivity index (χ4n) is 2.91. The van der Waals surface area contributed by atoms with Crippen molar-refractivity contribution < 1.29 is 19.1 Å². The number of aromatic nitrogens is 2. The van der Waals surface area contributed by atoms with Crippen LogP contribution in [0.3, 0.4) is 0 Å². The fourth-order valence-corrected chi connectivity index (χ4v) is 2.91. The van der Waals surface area contributed by atoms with Gasteiger partial charge in [0.05, 0.1) is 0 Å². The molecule has 0 aliphatic carbocycles. The summed E-state index contributed by atoms with van der Waals surface area (Å²) >= 11 is 0. The van der Waals surface area contributed by atoms with Crippen molar-refractivity contribution in [3.8, 4) is 11.5 Å². The lowest BCUT2D eigenvalue weighted by molar-refractivity contribution is -0.119. The van der Waals surface area contributed by atoms with E-state index in [0.717, 1.165) is 12.5 Å².